The summed E-state index contributed by atoms with van der Waals surface area (Å²) in [5.74, 6) is 0.162. The van der Waals surface area contributed by atoms with Crippen molar-refractivity contribution in [2.45, 2.75) is 25.3 Å². The lowest BCUT2D eigenvalue weighted by atomic mass is 10.1. The fraction of sp³-hybridized carbons (Fsp3) is 0.348. The second kappa shape index (κ2) is 8.80. The van der Waals surface area contributed by atoms with E-state index in [4.69, 9.17) is 4.74 Å². The number of nitrogens with one attached hydrogen (secondary N) is 1. The molecule has 0 atom stereocenters. The number of hydrogen-bond donors (Lipinski definition) is 1. The highest BCUT2D eigenvalue weighted by Gasteiger charge is 2.34. The predicted octanol–water partition coefficient (Wildman–Crippen LogP) is 3.67. The van der Waals surface area contributed by atoms with Gasteiger partial charge in [-0.1, -0.05) is 33.3 Å². The number of morpholine rings is 1. The minimum Gasteiger partial charge on any atom is -0.378 e. The van der Waals surface area contributed by atoms with Crippen LogP contribution in [0.25, 0.3) is 5.69 Å². The molecular formula is C23H24BrN5O2. The molecule has 2 aliphatic rings. The van der Waals surface area contributed by atoms with Crippen molar-refractivity contribution in [3.63, 3.8) is 0 Å². The molecule has 8 heteroatoms. The number of halogens is 1. The quantitative estimate of drug-likeness (QED) is 0.581. The molecule has 0 radical (unpaired) electrons. The summed E-state index contributed by atoms with van der Waals surface area (Å²) in [6.07, 6.45) is 2.13. The van der Waals surface area contributed by atoms with Crippen molar-refractivity contribution >= 4 is 27.5 Å². The van der Waals surface area contributed by atoms with Gasteiger partial charge in [0.1, 0.15) is 0 Å². The first-order chi connectivity index (χ1) is 15.2. The van der Waals surface area contributed by atoms with Gasteiger partial charge >= 0.3 is 0 Å². The first-order valence-electron chi connectivity index (χ1n) is 10.6. The van der Waals surface area contributed by atoms with Crippen molar-refractivity contribution in [2.24, 2.45) is 0 Å². The molecule has 1 aromatic heterocycles. The Bertz CT molecular complexity index is 1050. The van der Waals surface area contributed by atoms with Crippen molar-refractivity contribution in [2.75, 3.05) is 31.2 Å². The minimum atomic E-state index is -0.178. The van der Waals surface area contributed by atoms with E-state index in [1.807, 2.05) is 24.3 Å². The maximum atomic E-state index is 12.9. The van der Waals surface area contributed by atoms with Crippen molar-refractivity contribution in [1.29, 1.82) is 0 Å². The maximum Gasteiger partial charge on any atom is 0.274 e. The Hall–Kier alpha value is -2.71. The molecule has 1 aliphatic carbocycles. The molecule has 2 heterocycles. The molecule has 160 valence electrons. The van der Waals surface area contributed by atoms with E-state index in [-0.39, 0.29) is 5.91 Å². The number of carbonyl (C=O) groups is 1. The number of amides is 1. The number of nitrogens with zero attached hydrogens (tertiary/aromatic N) is 4. The van der Waals surface area contributed by atoms with Crippen LogP contribution in [0.1, 0.15) is 40.5 Å². The Morgan fingerprint density at radius 3 is 2.39 bits per heavy atom. The molecular weight excluding hydrogens is 458 g/mol. The van der Waals surface area contributed by atoms with Crippen LogP contribution in [0.15, 0.2) is 53.0 Å². The first-order valence-corrected chi connectivity index (χ1v) is 11.4. The van der Waals surface area contributed by atoms with Crippen LogP contribution in [0.2, 0.25) is 0 Å². The molecule has 0 spiro atoms. The van der Waals surface area contributed by atoms with E-state index in [0.717, 1.165) is 60.6 Å². The normalized spacial score (nSPS) is 16.4. The fourth-order valence-corrected chi connectivity index (χ4v) is 4.12. The van der Waals surface area contributed by atoms with Gasteiger partial charge in [0.2, 0.25) is 0 Å². The second-order valence-corrected chi connectivity index (χ2v) is 8.85. The number of anilines is 1. The van der Waals surface area contributed by atoms with Gasteiger partial charge in [0, 0.05) is 35.7 Å². The summed E-state index contributed by atoms with van der Waals surface area (Å²) >= 11 is 3.46. The summed E-state index contributed by atoms with van der Waals surface area (Å²) in [7, 11) is 0. The summed E-state index contributed by atoms with van der Waals surface area (Å²) in [4.78, 5) is 15.2. The summed E-state index contributed by atoms with van der Waals surface area (Å²) in [5, 5.41) is 11.5. The zero-order valence-corrected chi connectivity index (χ0v) is 18.7. The Balaban J connectivity index is 1.28. The second-order valence-electron chi connectivity index (χ2n) is 7.93. The van der Waals surface area contributed by atoms with Crippen LogP contribution in [-0.2, 0) is 11.3 Å². The predicted molar refractivity (Wildman–Crippen MR) is 122 cm³/mol. The van der Waals surface area contributed by atoms with Gasteiger partial charge in [0.25, 0.3) is 5.91 Å². The summed E-state index contributed by atoms with van der Waals surface area (Å²) in [6.45, 7) is 3.81. The van der Waals surface area contributed by atoms with Crippen LogP contribution in [0.4, 0.5) is 5.69 Å². The lowest BCUT2D eigenvalue weighted by Gasteiger charge is -2.28. The number of carbonyl (C=O) groups excluding carboxylic acids is 1. The summed E-state index contributed by atoms with van der Waals surface area (Å²) in [5.41, 5.74) is 4.48. The number of ether oxygens (including phenoxy) is 1. The average Bonchev–Trinajstić information content (AvgIpc) is 3.56. The van der Waals surface area contributed by atoms with E-state index >= 15 is 0 Å². The van der Waals surface area contributed by atoms with E-state index in [2.05, 4.69) is 60.7 Å². The SMILES string of the molecule is O=C(NCc1ccc(N2CCOCC2)cc1)c1nnn(-c2ccc(Br)cc2)c1C1CC1. The van der Waals surface area contributed by atoms with E-state index in [0.29, 0.717) is 18.2 Å². The van der Waals surface area contributed by atoms with Gasteiger partial charge in [0.05, 0.1) is 24.6 Å². The molecule has 1 aliphatic heterocycles. The smallest absolute Gasteiger partial charge is 0.274 e. The van der Waals surface area contributed by atoms with Gasteiger partial charge < -0.3 is 15.0 Å². The topological polar surface area (TPSA) is 72.3 Å². The standard InChI is InChI=1S/C23H24BrN5O2/c24-18-5-9-20(10-6-18)29-22(17-3-4-17)21(26-27-29)23(30)25-15-16-1-7-19(8-2-16)28-11-13-31-14-12-28/h1-2,5-10,17H,3-4,11-15H2,(H,25,30). The third-order valence-electron chi connectivity index (χ3n) is 5.72. The lowest BCUT2D eigenvalue weighted by Crippen LogP contribution is -2.36. The fourth-order valence-electron chi connectivity index (χ4n) is 3.86. The Labute approximate surface area is 189 Å². The largest absolute Gasteiger partial charge is 0.378 e. The van der Waals surface area contributed by atoms with Gasteiger partial charge in [-0.3, -0.25) is 4.79 Å². The molecule has 31 heavy (non-hydrogen) atoms. The van der Waals surface area contributed by atoms with Gasteiger partial charge in [0.15, 0.2) is 5.69 Å². The molecule has 0 unspecified atom stereocenters. The molecule has 1 saturated heterocycles. The molecule has 5 rings (SSSR count). The molecule has 3 aromatic rings. The first kappa shape index (κ1) is 20.2. The Morgan fingerprint density at radius 1 is 1.03 bits per heavy atom. The van der Waals surface area contributed by atoms with Gasteiger partial charge in [-0.25, -0.2) is 4.68 Å². The summed E-state index contributed by atoms with van der Waals surface area (Å²) in [6, 6.07) is 16.2. The lowest BCUT2D eigenvalue weighted by molar-refractivity contribution is 0.0944. The van der Waals surface area contributed by atoms with Crippen molar-refractivity contribution in [1.82, 2.24) is 20.3 Å². The third-order valence-corrected chi connectivity index (χ3v) is 6.25. The average molecular weight is 482 g/mol. The highest BCUT2D eigenvalue weighted by molar-refractivity contribution is 9.10. The molecule has 1 saturated carbocycles. The minimum absolute atomic E-state index is 0.178. The van der Waals surface area contributed by atoms with Crippen molar-refractivity contribution in [3.05, 3.63) is 70.0 Å². The van der Waals surface area contributed by atoms with E-state index in [9.17, 15) is 4.79 Å². The number of hydrogen-bond acceptors (Lipinski definition) is 5. The van der Waals surface area contributed by atoms with Gasteiger partial charge in [-0.15, -0.1) is 5.10 Å². The highest BCUT2D eigenvalue weighted by atomic mass is 79.9. The monoisotopic (exact) mass is 481 g/mol. The number of rotatable bonds is 6. The van der Waals surface area contributed by atoms with Gasteiger partial charge in [-0.05, 0) is 54.8 Å². The molecule has 2 aromatic carbocycles. The third kappa shape index (κ3) is 4.50. The van der Waals surface area contributed by atoms with Crippen LogP contribution in [0.3, 0.4) is 0 Å². The van der Waals surface area contributed by atoms with E-state index in [1.165, 1.54) is 5.69 Å². The maximum absolute atomic E-state index is 12.9. The number of aromatic nitrogens is 3. The van der Waals surface area contributed by atoms with Crippen LogP contribution in [0, 0.1) is 0 Å². The van der Waals surface area contributed by atoms with Crippen molar-refractivity contribution in [3.8, 4) is 5.69 Å². The van der Waals surface area contributed by atoms with Crippen LogP contribution in [-0.4, -0.2) is 47.2 Å². The number of benzene rings is 2. The van der Waals surface area contributed by atoms with Crippen LogP contribution < -0.4 is 10.2 Å². The molecule has 0 bridgehead atoms. The molecule has 2 fully saturated rings. The van der Waals surface area contributed by atoms with Gasteiger partial charge in [-0.2, -0.15) is 0 Å². The zero-order chi connectivity index (χ0) is 21.2. The highest BCUT2D eigenvalue weighted by Crippen LogP contribution is 2.42. The van der Waals surface area contributed by atoms with Crippen molar-refractivity contribution < 1.29 is 9.53 Å². The summed E-state index contributed by atoms with van der Waals surface area (Å²) < 4.78 is 8.22. The Morgan fingerprint density at radius 2 is 1.71 bits per heavy atom. The van der Waals surface area contributed by atoms with E-state index in [1.54, 1.807) is 4.68 Å². The van der Waals surface area contributed by atoms with Crippen LogP contribution in [0.5, 0.6) is 0 Å². The molecule has 1 N–H and O–H groups in total. The molecule has 1 amide bonds. The Kier molecular flexibility index (Phi) is 5.74. The molecule has 7 nitrogen and oxygen atoms in total. The van der Waals surface area contributed by atoms with Crippen LogP contribution >= 0.6 is 15.9 Å². The van der Waals surface area contributed by atoms with E-state index < -0.39 is 0 Å². The zero-order valence-electron chi connectivity index (χ0n) is 17.1.